The van der Waals surface area contributed by atoms with Crippen LogP contribution in [0.3, 0.4) is 0 Å². The number of unbranched alkanes of at least 4 members (excludes halogenated alkanes) is 34. The van der Waals surface area contributed by atoms with Crippen LogP contribution in [0.1, 0.15) is 271 Å². The zero-order valence-electron chi connectivity index (χ0n) is 36.8. The normalized spacial score (nSPS) is 13.0. The van der Waals surface area contributed by atoms with Crippen molar-refractivity contribution in [3.05, 3.63) is 24.3 Å². The highest BCUT2D eigenvalue weighted by atomic mass is 16.3. The number of hydrogen-bond donors (Lipinski definition) is 3. The standard InChI is InChI=1S/C50H97NO3/c1-3-5-7-9-11-13-15-17-19-21-22-23-24-25-26-27-28-30-31-33-35-37-39-41-43-45-49(53)48(47-52)51-50(54)46-44-42-40-38-36-34-32-29-20-18-16-14-12-10-8-6-4-2/h12,14,18,20,48-49,52-53H,3-11,13,15-17,19,21-47H2,1-2H3,(H,51,54)/b14-12-,20-18-. The maximum Gasteiger partial charge on any atom is 0.220 e. The first-order valence-corrected chi connectivity index (χ1v) is 24.5. The van der Waals surface area contributed by atoms with Gasteiger partial charge in [0.15, 0.2) is 0 Å². The second kappa shape index (κ2) is 46.3. The Morgan fingerprint density at radius 1 is 0.444 bits per heavy atom. The fourth-order valence-electron chi connectivity index (χ4n) is 7.69. The van der Waals surface area contributed by atoms with E-state index in [0.717, 1.165) is 32.1 Å². The van der Waals surface area contributed by atoms with Crippen molar-refractivity contribution < 1.29 is 15.0 Å². The third-order valence-corrected chi connectivity index (χ3v) is 11.5. The largest absolute Gasteiger partial charge is 0.394 e. The number of carbonyl (C=O) groups is 1. The molecule has 0 rings (SSSR count). The van der Waals surface area contributed by atoms with E-state index in [1.807, 2.05) is 0 Å². The highest BCUT2D eigenvalue weighted by molar-refractivity contribution is 5.76. The maximum absolute atomic E-state index is 12.4. The first-order chi connectivity index (χ1) is 26.7. The summed E-state index contributed by atoms with van der Waals surface area (Å²) in [6, 6.07) is -0.539. The van der Waals surface area contributed by atoms with E-state index in [4.69, 9.17) is 0 Å². The van der Waals surface area contributed by atoms with Crippen LogP contribution in [0.15, 0.2) is 24.3 Å². The zero-order chi connectivity index (χ0) is 39.3. The Balaban J connectivity index is 3.46. The number of carbonyl (C=O) groups excluding carboxylic acids is 1. The second-order valence-corrected chi connectivity index (χ2v) is 16.9. The summed E-state index contributed by atoms with van der Waals surface area (Å²) in [5.41, 5.74) is 0. The summed E-state index contributed by atoms with van der Waals surface area (Å²) < 4.78 is 0. The number of amides is 1. The number of hydrogen-bond acceptors (Lipinski definition) is 3. The molecule has 0 aromatic rings. The topological polar surface area (TPSA) is 69.6 Å². The molecule has 4 heteroatoms. The summed E-state index contributed by atoms with van der Waals surface area (Å²) in [6.45, 7) is 4.35. The highest BCUT2D eigenvalue weighted by Crippen LogP contribution is 2.17. The molecule has 320 valence electrons. The Morgan fingerprint density at radius 2 is 0.759 bits per heavy atom. The van der Waals surface area contributed by atoms with E-state index >= 15 is 0 Å². The Bertz CT molecular complexity index is 780. The number of rotatable bonds is 45. The van der Waals surface area contributed by atoms with E-state index < -0.39 is 12.1 Å². The summed E-state index contributed by atoms with van der Waals surface area (Å²) in [4.78, 5) is 12.4. The van der Waals surface area contributed by atoms with Crippen LogP contribution >= 0.6 is 0 Å². The molecule has 0 aliphatic rings. The van der Waals surface area contributed by atoms with Crippen LogP contribution in [0.5, 0.6) is 0 Å². The first kappa shape index (κ1) is 52.9. The van der Waals surface area contributed by atoms with E-state index in [0.29, 0.717) is 12.8 Å². The van der Waals surface area contributed by atoms with Gasteiger partial charge in [0.1, 0.15) is 0 Å². The molecule has 0 saturated heterocycles. The Labute approximate surface area is 339 Å². The molecule has 0 aromatic heterocycles. The van der Waals surface area contributed by atoms with Gasteiger partial charge in [-0.25, -0.2) is 0 Å². The third kappa shape index (κ3) is 42.0. The maximum atomic E-state index is 12.4. The lowest BCUT2D eigenvalue weighted by Crippen LogP contribution is -2.45. The molecule has 0 saturated carbocycles. The summed E-state index contributed by atoms with van der Waals surface area (Å²) in [5.74, 6) is -0.0366. The van der Waals surface area contributed by atoms with Crippen LogP contribution in [-0.2, 0) is 4.79 Å². The van der Waals surface area contributed by atoms with Crippen molar-refractivity contribution in [2.75, 3.05) is 6.61 Å². The van der Waals surface area contributed by atoms with Crippen molar-refractivity contribution in [3.63, 3.8) is 0 Å². The van der Waals surface area contributed by atoms with Crippen molar-refractivity contribution in [3.8, 4) is 0 Å². The molecule has 0 heterocycles. The molecule has 0 bridgehead atoms. The summed E-state index contributed by atoms with van der Waals surface area (Å²) >= 11 is 0. The van der Waals surface area contributed by atoms with Crippen LogP contribution in [-0.4, -0.2) is 34.9 Å². The smallest absolute Gasteiger partial charge is 0.220 e. The van der Waals surface area contributed by atoms with Gasteiger partial charge in [-0.2, -0.15) is 0 Å². The minimum atomic E-state index is -0.662. The van der Waals surface area contributed by atoms with Gasteiger partial charge in [0.05, 0.1) is 18.8 Å². The molecule has 0 aliphatic heterocycles. The Hall–Kier alpha value is -1.13. The van der Waals surface area contributed by atoms with Gasteiger partial charge in [0, 0.05) is 6.42 Å². The molecule has 54 heavy (non-hydrogen) atoms. The fraction of sp³-hybridized carbons (Fsp3) is 0.900. The van der Waals surface area contributed by atoms with Crippen LogP contribution in [0.25, 0.3) is 0 Å². The van der Waals surface area contributed by atoms with Gasteiger partial charge >= 0.3 is 0 Å². The number of aliphatic hydroxyl groups excluding tert-OH is 2. The lowest BCUT2D eigenvalue weighted by atomic mass is 10.0. The van der Waals surface area contributed by atoms with Crippen molar-refractivity contribution in [2.24, 2.45) is 0 Å². The number of nitrogens with one attached hydrogen (secondary N) is 1. The van der Waals surface area contributed by atoms with Crippen LogP contribution in [0.2, 0.25) is 0 Å². The number of allylic oxidation sites excluding steroid dienone is 4. The van der Waals surface area contributed by atoms with Crippen molar-refractivity contribution in [1.82, 2.24) is 5.32 Å². The molecule has 2 unspecified atom stereocenters. The van der Waals surface area contributed by atoms with Crippen molar-refractivity contribution >= 4 is 5.91 Å². The molecule has 0 aliphatic carbocycles. The molecular formula is C50H97NO3. The molecule has 2 atom stereocenters. The summed E-state index contributed by atoms with van der Waals surface area (Å²) in [7, 11) is 0. The summed E-state index contributed by atoms with van der Waals surface area (Å²) in [5, 5.41) is 23.2. The highest BCUT2D eigenvalue weighted by Gasteiger charge is 2.20. The lowest BCUT2D eigenvalue weighted by Gasteiger charge is -2.22. The molecule has 0 radical (unpaired) electrons. The molecule has 0 spiro atoms. The fourth-order valence-corrected chi connectivity index (χ4v) is 7.69. The van der Waals surface area contributed by atoms with E-state index in [2.05, 4.69) is 43.5 Å². The van der Waals surface area contributed by atoms with Gasteiger partial charge < -0.3 is 15.5 Å². The molecule has 1 amide bonds. The average molecular weight is 760 g/mol. The van der Waals surface area contributed by atoms with E-state index in [1.165, 1.54) is 212 Å². The monoisotopic (exact) mass is 760 g/mol. The Kier molecular flexibility index (Phi) is 45.3. The second-order valence-electron chi connectivity index (χ2n) is 16.9. The van der Waals surface area contributed by atoms with Crippen LogP contribution < -0.4 is 5.32 Å². The van der Waals surface area contributed by atoms with Crippen LogP contribution in [0.4, 0.5) is 0 Å². The minimum Gasteiger partial charge on any atom is -0.394 e. The van der Waals surface area contributed by atoms with Crippen LogP contribution in [0, 0.1) is 0 Å². The summed E-state index contributed by atoms with van der Waals surface area (Å²) in [6.07, 6.45) is 59.9. The molecule has 0 aromatic carbocycles. The van der Waals surface area contributed by atoms with Gasteiger partial charge in [-0.3, -0.25) is 4.79 Å². The predicted molar refractivity (Wildman–Crippen MR) is 239 cm³/mol. The quantitative estimate of drug-likeness (QED) is 0.0428. The SMILES string of the molecule is CCCCC/C=C\C/C=C\CCCCCCCCCC(=O)NC(CO)C(O)CCCCCCCCCCCCCCCCCCCCCCCCCCC. The minimum absolute atomic E-state index is 0.0366. The van der Waals surface area contributed by atoms with Gasteiger partial charge in [0.25, 0.3) is 0 Å². The lowest BCUT2D eigenvalue weighted by molar-refractivity contribution is -0.123. The Morgan fingerprint density at radius 3 is 1.15 bits per heavy atom. The number of aliphatic hydroxyl groups is 2. The van der Waals surface area contributed by atoms with Gasteiger partial charge in [-0.1, -0.05) is 244 Å². The van der Waals surface area contributed by atoms with E-state index in [-0.39, 0.29) is 12.5 Å². The van der Waals surface area contributed by atoms with E-state index in [1.54, 1.807) is 0 Å². The van der Waals surface area contributed by atoms with Crippen molar-refractivity contribution in [2.45, 2.75) is 283 Å². The average Bonchev–Trinajstić information content (AvgIpc) is 3.18. The zero-order valence-corrected chi connectivity index (χ0v) is 36.8. The van der Waals surface area contributed by atoms with Gasteiger partial charge in [-0.05, 0) is 44.9 Å². The van der Waals surface area contributed by atoms with Gasteiger partial charge in [-0.15, -0.1) is 0 Å². The van der Waals surface area contributed by atoms with Gasteiger partial charge in [0.2, 0.25) is 5.91 Å². The third-order valence-electron chi connectivity index (χ3n) is 11.5. The molecule has 0 fully saturated rings. The molecular weight excluding hydrogens is 663 g/mol. The first-order valence-electron chi connectivity index (χ1n) is 24.5. The molecule has 3 N–H and O–H groups in total. The van der Waals surface area contributed by atoms with E-state index in [9.17, 15) is 15.0 Å². The van der Waals surface area contributed by atoms with Crippen molar-refractivity contribution in [1.29, 1.82) is 0 Å². The molecule has 4 nitrogen and oxygen atoms in total. The predicted octanol–water partition coefficient (Wildman–Crippen LogP) is 15.6.